The van der Waals surface area contributed by atoms with Gasteiger partial charge in [-0.2, -0.15) is 0 Å². The summed E-state index contributed by atoms with van der Waals surface area (Å²) in [6, 6.07) is -0.988. The molecule has 0 saturated carbocycles. The number of halogens is 3. The molecular weight excluding hydrogens is 275 g/mol. The van der Waals surface area contributed by atoms with Gasteiger partial charge in [-0.3, -0.25) is 0 Å². The fourth-order valence-electron chi connectivity index (χ4n) is 1.13. The molecule has 0 spiro atoms. The lowest BCUT2D eigenvalue weighted by Crippen LogP contribution is -2.40. The van der Waals surface area contributed by atoms with Gasteiger partial charge in [-0.15, -0.1) is 0 Å². The van der Waals surface area contributed by atoms with Crippen LogP contribution in [-0.2, 0) is 10.0 Å². The molecule has 0 radical (unpaired) electrons. The molecular formula is C9H10F3NO4S. The molecule has 0 aliphatic carbocycles. The maximum absolute atomic E-state index is 13.2. The molecule has 0 aromatic heterocycles. The highest BCUT2D eigenvalue weighted by Gasteiger charge is 2.24. The summed E-state index contributed by atoms with van der Waals surface area (Å²) >= 11 is 0. The Labute approximate surface area is 101 Å². The molecule has 0 saturated heterocycles. The maximum atomic E-state index is 13.2. The number of hydrogen-bond donors (Lipinski definition) is 3. The molecule has 0 amide bonds. The lowest BCUT2D eigenvalue weighted by atomic mass is 10.3. The minimum atomic E-state index is -4.51. The van der Waals surface area contributed by atoms with Gasteiger partial charge in [0, 0.05) is 6.07 Å². The number of aliphatic hydroxyl groups excluding tert-OH is 2. The zero-order valence-electron chi connectivity index (χ0n) is 8.90. The van der Waals surface area contributed by atoms with E-state index in [9.17, 15) is 21.6 Å². The molecule has 1 aromatic rings. The first-order valence-electron chi connectivity index (χ1n) is 4.70. The van der Waals surface area contributed by atoms with Gasteiger partial charge in [-0.25, -0.2) is 26.3 Å². The molecule has 18 heavy (non-hydrogen) atoms. The van der Waals surface area contributed by atoms with Gasteiger partial charge < -0.3 is 10.2 Å². The molecule has 1 rings (SSSR count). The van der Waals surface area contributed by atoms with Crippen molar-refractivity contribution in [2.24, 2.45) is 0 Å². The van der Waals surface area contributed by atoms with Crippen molar-refractivity contribution in [3.05, 3.63) is 29.6 Å². The predicted octanol–water partition coefficient (Wildman–Crippen LogP) is -0.265. The van der Waals surface area contributed by atoms with Crippen LogP contribution >= 0.6 is 0 Å². The first-order valence-corrected chi connectivity index (χ1v) is 6.18. The van der Waals surface area contributed by atoms with Gasteiger partial charge in [0.15, 0.2) is 11.6 Å². The molecule has 5 nitrogen and oxygen atoms in total. The zero-order chi connectivity index (χ0) is 13.9. The van der Waals surface area contributed by atoms with Gasteiger partial charge in [0.25, 0.3) is 0 Å². The maximum Gasteiger partial charge on any atom is 0.244 e. The van der Waals surface area contributed by atoms with Gasteiger partial charge >= 0.3 is 0 Å². The van der Waals surface area contributed by atoms with Crippen molar-refractivity contribution in [2.75, 3.05) is 13.2 Å². The van der Waals surface area contributed by atoms with Gasteiger partial charge in [0.2, 0.25) is 10.0 Å². The van der Waals surface area contributed by atoms with Crippen LogP contribution in [0.5, 0.6) is 0 Å². The van der Waals surface area contributed by atoms with Crippen LogP contribution in [0.2, 0.25) is 0 Å². The Morgan fingerprint density at radius 3 is 2.06 bits per heavy atom. The number of benzene rings is 1. The van der Waals surface area contributed by atoms with Crippen LogP contribution in [0.25, 0.3) is 0 Å². The second-order valence-electron chi connectivity index (χ2n) is 3.38. The average Bonchev–Trinajstić information content (AvgIpc) is 2.30. The van der Waals surface area contributed by atoms with E-state index < -0.39 is 51.6 Å². The molecule has 9 heteroatoms. The number of rotatable bonds is 5. The van der Waals surface area contributed by atoms with E-state index in [2.05, 4.69) is 0 Å². The van der Waals surface area contributed by atoms with Crippen LogP contribution in [0.4, 0.5) is 13.2 Å². The van der Waals surface area contributed by atoms with Crippen molar-refractivity contribution in [1.82, 2.24) is 4.72 Å². The summed E-state index contributed by atoms with van der Waals surface area (Å²) in [4.78, 5) is -1.10. The minimum Gasteiger partial charge on any atom is -0.395 e. The zero-order valence-corrected chi connectivity index (χ0v) is 9.72. The highest BCUT2D eigenvalue weighted by molar-refractivity contribution is 7.89. The lowest BCUT2D eigenvalue weighted by molar-refractivity contribution is 0.185. The molecule has 1 aromatic carbocycles. The minimum absolute atomic E-state index is 0.0940. The monoisotopic (exact) mass is 285 g/mol. The molecule has 102 valence electrons. The van der Waals surface area contributed by atoms with Gasteiger partial charge in [0.05, 0.1) is 19.3 Å². The fraction of sp³-hybridized carbons (Fsp3) is 0.333. The van der Waals surface area contributed by atoms with Crippen molar-refractivity contribution in [1.29, 1.82) is 0 Å². The molecule has 0 unspecified atom stereocenters. The van der Waals surface area contributed by atoms with Crippen LogP contribution in [0.15, 0.2) is 17.0 Å². The standard InChI is InChI=1S/C9H10F3NO4S/c10-6-1-8(12)9(2-7(6)11)18(16,17)13-5(3-14)4-15/h1-2,5,13-15H,3-4H2. The van der Waals surface area contributed by atoms with Crippen molar-refractivity contribution in [3.63, 3.8) is 0 Å². The molecule has 0 aliphatic rings. The Morgan fingerprint density at radius 1 is 1.06 bits per heavy atom. The van der Waals surface area contributed by atoms with Gasteiger partial charge in [-0.1, -0.05) is 0 Å². The molecule has 0 atom stereocenters. The van der Waals surface area contributed by atoms with E-state index in [1.165, 1.54) is 0 Å². The first kappa shape index (κ1) is 14.9. The SMILES string of the molecule is O=S(=O)(NC(CO)CO)c1cc(F)c(F)cc1F. The molecule has 0 fully saturated rings. The predicted molar refractivity (Wildman–Crippen MR) is 54.6 cm³/mol. The second kappa shape index (κ2) is 5.65. The third-order valence-electron chi connectivity index (χ3n) is 2.03. The van der Waals surface area contributed by atoms with E-state index >= 15 is 0 Å². The lowest BCUT2D eigenvalue weighted by Gasteiger charge is -2.14. The Hall–Kier alpha value is -1.16. The largest absolute Gasteiger partial charge is 0.395 e. The van der Waals surface area contributed by atoms with Crippen LogP contribution in [0.3, 0.4) is 0 Å². The van der Waals surface area contributed by atoms with E-state index in [0.29, 0.717) is 0 Å². The van der Waals surface area contributed by atoms with Crippen LogP contribution < -0.4 is 4.72 Å². The van der Waals surface area contributed by atoms with Crippen molar-refractivity contribution in [2.45, 2.75) is 10.9 Å². The normalized spacial score (nSPS) is 12.1. The summed E-state index contributed by atoms with van der Waals surface area (Å²) < 4.78 is 63.6. The third-order valence-corrected chi connectivity index (χ3v) is 3.56. The summed E-state index contributed by atoms with van der Waals surface area (Å²) in [6.45, 7) is -1.47. The van der Waals surface area contributed by atoms with Gasteiger partial charge in [0.1, 0.15) is 10.7 Å². The van der Waals surface area contributed by atoms with Gasteiger partial charge in [-0.05, 0) is 6.07 Å². The van der Waals surface area contributed by atoms with Crippen LogP contribution in [-0.4, -0.2) is 37.9 Å². The third kappa shape index (κ3) is 3.19. The van der Waals surface area contributed by atoms with E-state index in [0.717, 1.165) is 0 Å². The Morgan fingerprint density at radius 2 is 1.56 bits per heavy atom. The second-order valence-corrected chi connectivity index (χ2v) is 5.06. The number of nitrogens with one attached hydrogen (secondary N) is 1. The summed E-state index contributed by atoms with van der Waals surface area (Å²) in [5, 5.41) is 17.4. The summed E-state index contributed by atoms with van der Waals surface area (Å²) in [7, 11) is -4.51. The Bertz CT molecular complexity index is 531. The van der Waals surface area contributed by atoms with Crippen LogP contribution in [0, 0.1) is 17.5 Å². The van der Waals surface area contributed by atoms with Crippen molar-refractivity contribution >= 4 is 10.0 Å². The topological polar surface area (TPSA) is 86.6 Å². The molecule has 0 aliphatic heterocycles. The Balaban J connectivity index is 3.16. The van der Waals surface area contributed by atoms with Crippen molar-refractivity contribution < 1.29 is 31.8 Å². The molecule has 3 N–H and O–H groups in total. The molecule has 0 bridgehead atoms. The highest BCUT2D eigenvalue weighted by atomic mass is 32.2. The van der Waals surface area contributed by atoms with E-state index in [-0.39, 0.29) is 12.1 Å². The number of sulfonamides is 1. The van der Waals surface area contributed by atoms with Crippen LogP contribution in [0.1, 0.15) is 0 Å². The smallest absolute Gasteiger partial charge is 0.244 e. The van der Waals surface area contributed by atoms with Crippen molar-refractivity contribution in [3.8, 4) is 0 Å². The summed E-state index contributed by atoms with van der Waals surface area (Å²) in [5.74, 6) is -4.52. The summed E-state index contributed by atoms with van der Waals surface area (Å²) in [5.41, 5.74) is 0. The van der Waals surface area contributed by atoms with E-state index in [1.807, 2.05) is 0 Å². The van der Waals surface area contributed by atoms with E-state index in [4.69, 9.17) is 10.2 Å². The number of hydrogen-bond acceptors (Lipinski definition) is 4. The molecule has 0 heterocycles. The fourth-order valence-corrected chi connectivity index (χ4v) is 2.41. The summed E-state index contributed by atoms with van der Waals surface area (Å²) in [6.07, 6.45) is 0. The quantitative estimate of drug-likeness (QED) is 0.650. The highest BCUT2D eigenvalue weighted by Crippen LogP contribution is 2.18. The average molecular weight is 285 g/mol. The Kier molecular flexibility index (Phi) is 4.68. The number of aliphatic hydroxyl groups is 2. The van der Waals surface area contributed by atoms with E-state index in [1.54, 1.807) is 4.72 Å². The first-order chi connectivity index (χ1) is 8.31.